The lowest BCUT2D eigenvalue weighted by molar-refractivity contribution is -0.130. The van der Waals surface area contributed by atoms with Gasteiger partial charge in [-0.2, -0.15) is 0 Å². The number of para-hydroxylation sites is 2. The van der Waals surface area contributed by atoms with Crippen molar-refractivity contribution in [3.8, 4) is 0 Å². The molecule has 1 aromatic heterocycles. The molecule has 1 fully saturated rings. The molecule has 2 amide bonds. The van der Waals surface area contributed by atoms with Gasteiger partial charge in [0.05, 0.1) is 16.8 Å². The van der Waals surface area contributed by atoms with Crippen LogP contribution in [0.5, 0.6) is 0 Å². The third kappa shape index (κ3) is 4.96. The van der Waals surface area contributed by atoms with Gasteiger partial charge in [0.25, 0.3) is 0 Å². The zero-order valence-corrected chi connectivity index (χ0v) is 18.2. The number of anilines is 1. The van der Waals surface area contributed by atoms with Crippen LogP contribution in [-0.2, 0) is 16.1 Å². The van der Waals surface area contributed by atoms with Gasteiger partial charge in [-0.1, -0.05) is 23.9 Å². The number of ketones is 1. The number of imidazole rings is 1. The van der Waals surface area contributed by atoms with E-state index in [-0.39, 0.29) is 29.9 Å². The van der Waals surface area contributed by atoms with Gasteiger partial charge in [-0.3, -0.25) is 14.4 Å². The van der Waals surface area contributed by atoms with Crippen LogP contribution in [0.3, 0.4) is 0 Å². The minimum atomic E-state index is -0.176. The largest absolute Gasteiger partial charge is 0.341 e. The average molecular weight is 437 g/mol. The number of hydrogen-bond donors (Lipinski definition) is 1. The van der Waals surface area contributed by atoms with Crippen LogP contribution < -0.4 is 5.32 Å². The fourth-order valence-electron chi connectivity index (χ4n) is 3.63. The van der Waals surface area contributed by atoms with Crippen LogP contribution in [0.25, 0.3) is 11.0 Å². The van der Waals surface area contributed by atoms with Gasteiger partial charge in [0, 0.05) is 24.3 Å². The van der Waals surface area contributed by atoms with E-state index in [1.54, 1.807) is 24.3 Å². The van der Waals surface area contributed by atoms with Gasteiger partial charge in [0.1, 0.15) is 6.54 Å². The lowest BCUT2D eigenvalue weighted by atomic mass is 10.1. The number of fused-ring (bicyclic) bond motifs is 1. The van der Waals surface area contributed by atoms with E-state index in [4.69, 9.17) is 0 Å². The van der Waals surface area contributed by atoms with Gasteiger partial charge in [0.2, 0.25) is 11.8 Å². The molecule has 1 N–H and O–H groups in total. The molecule has 0 saturated carbocycles. The Morgan fingerprint density at radius 1 is 1.03 bits per heavy atom. The summed E-state index contributed by atoms with van der Waals surface area (Å²) in [4.78, 5) is 43.1. The maximum atomic E-state index is 12.7. The highest BCUT2D eigenvalue weighted by Crippen LogP contribution is 2.25. The van der Waals surface area contributed by atoms with Crippen LogP contribution >= 0.6 is 11.8 Å². The number of rotatable bonds is 7. The molecule has 0 spiro atoms. The zero-order valence-electron chi connectivity index (χ0n) is 17.3. The summed E-state index contributed by atoms with van der Waals surface area (Å²) in [6.07, 6.45) is 2.09. The number of nitrogens with one attached hydrogen (secondary N) is 1. The first-order valence-corrected chi connectivity index (χ1v) is 11.3. The van der Waals surface area contributed by atoms with Crippen molar-refractivity contribution < 1.29 is 14.4 Å². The van der Waals surface area contributed by atoms with Crippen LogP contribution in [0.2, 0.25) is 0 Å². The van der Waals surface area contributed by atoms with E-state index in [1.807, 2.05) is 33.7 Å². The standard InChI is InChI=1S/C23H24N4O3S/c1-16(28)17-8-10-18(11-9-17)24-21(29)15-31-23-25-19-6-2-3-7-20(19)27(23)14-22(30)26-12-4-5-13-26/h2-3,6-11H,4-5,12-15H2,1H3,(H,24,29). The number of carbonyl (C=O) groups is 3. The van der Waals surface area contributed by atoms with E-state index in [0.717, 1.165) is 37.0 Å². The van der Waals surface area contributed by atoms with Gasteiger partial charge in [0.15, 0.2) is 10.9 Å². The molecule has 0 bridgehead atoms. The first-order valence-electron chi connectivity index (χ1n) is 10.3. The molecule has 4 rings (SSSR count). The lowest BCUT2D eigenvalue weighted by Gasteiger charge is -2.17. The van der Waals surface area contributed by atoms with E-state index in [0.29, 0.717) is 16.4 Å². The molecule has 8 heteroatoms. The molecule has 0 unspecified atom stereocenters. The first-order chi connectivity index (χ1) is 15.0. The van der Waals surface area contributed by atoms with Crippen molar-refractivity contribution in [1.82, 2.24) is 14.5 Å². The molecular weight excluding hydrogens is 412 g/mol. The summed E-state index contributed by atoms with van der Waals surface area (Å²) in [6, 6.07) is 14.5. The average Bonchev–Trinajstić information content (AvgIpc) is 3.41. The number of benzene rings is 2. The number of thioether (sulfide) groups is 1. The molecule has 2 heterocycles. The summed E-state index contributed by atoms with van der Waals surface area (Å²) in [6.45, 7) is 3.33. The molecular formula is C23H24N4O3S. The Hall–Kier alpha value is -3.13. The van der Waals surface area contributed by atoms with Crippen LogP contribution in [0.4, 0.5) is 5.69 Å². The van der Waals surface area contributed by atoms with E-state index in [9.17, 15) is 14.4 Å². The molecule has 3 aromatic rings. The van der Waals surface area contributed by atoms with Crippen LogP contribution in [0.1, 0.15) is 30.1 Å². The number of carbonyl (C=O) groups excluding carboxylic acids is 3. The molecule has 1 aliphatic rings. The topological polar surface area (TPSA) is 84.3 Å². The predicted molar refractivity (Wildman–Crippen MR) is 121 cm³/mol. The SMILES string of the molecule is CC(=O)c1ccc(NC(=O)CSc2nc3ccccc3n2CC(=O)N2CCCC2)cc1. The van der Waals surface area contributed by atoms with Crippen molar-refractivity contribution in [2.24, 2.45) is 0 Å². The third-order valence-electron chi connectivity index (χ3n) is 5.28. The van der Waals surface area contributed by atoms with Gasteiger partial charge in [-0.25, -0.2) is 4.98 Å². The summed E-state index contributed by atoms with van der Waals surface area (Å²) >= 11 is 1.31. The molecule has 0 radical (unpaired) electrons. The molecule has 1 saturated heterocycles. The molecule has 160 valence electrons. The van der Waals surface area contributed by atoms with Crippen molar-refractivity contribution in [3.05, 3.63) is 54.1 Å². The Kier molecular flexibility index (Phi) is 6.36. The van der Waals surface area contributed by atoms with Crippen molar-refractivity contribution in [1.29, 1.82) is 0 Å². The second kappa shape index (κ2) is 9.34. The summed E-state index contributed by atoms with van der Waals surface area (Å²) < 4.78 is 1.90. The van der Waals surface area contributed by atoms with Crippen LogP contribution in [0.15, 0.2) is 53.7 Å². The Morgan fingerprint density at radius 2 is 1.74 bits per heavy atom. The van der Waals surface area contributed by atoms with Crippen molar-refractivity contribution in [2.75, 3.05) is 24.2 Å². The van der Waals surface area contributed by atoms with E-state index < -0.39 is 0 Å². The number of Topliss-reactive ketones (excluding diaryl/α,β-unsaturated/α-hetero) is 1. The van der Waals surface area contributed by atoms with Crippen molar-refractivity contribution >= 4 is 46.1 Å². The van der Waals surface area contributed by atoms with Gasteiger partial charge in [-0.05, 0) is 56.2 Å². The summed E-state index contributed by atoms with van der Waals surface area (Å²) in [5, 5.41) is 3.48. The van der Waals surface area contributed by atoms with E-state index in [2.05, 4.69) is 10.3 Å². The fourth-order valence-corrected chi connectivity index (χ4v) is 4.45. The van der Waals surface area contributed by atoms with Gasteiger partial charge in [-0.15, -0.1) is 0 Å². The second-order valence-corrected chi connectivity index (χ2v) is 8.47. The lowest BCUT2D eigenvalue weighted by Crippen LogP contribution is -2.31. The Bertz CT molecular complexity index is 1120. The van der Waals surface area contributed by atoms with E-state index in [1.165, 1.54) is 18.7 Å². The first kappa shape index (κ1) is 21.1. The monoisotopic (exact) mass is 436 g/mol. The number of hydrogen-bond acceptors (Lipinski definition) is 5. The van der Waals surface area contributed by atoms with Crippen LogP contribution in [-0.4, -0.2) is 50.9 Å². The Morgan fingerprint density at radius 3 is 2.45 bits per heavy atom. The molecule has 7 nitrogen and oxygen atoms in total. The van der Waals surface area contributed by atoms with E-state index >= 15 is 0 Å². The highest BCUT2D eigenvalue weighted by atomic mass is 32.2. The quantitative estimate of drug-likeness (QED) is 0.452. The number of likely N-dealkylation sites (tertiary alicyclic amines) is 1. The summed E-state index contributed by atoms with van der Waals surface area (Å²) in [5.41, 5.74) is 2.93. The minimum Gasteiger partial charge on any atom is -0.341 e. The predicted octanol–water partition coefficient (Wildman–Crippen LogP) is 3.59. The number of nitrogens with zero attached hydrogens (tertiary/aromatic N) is 3. The normalized spacial score (nSPS) is 13.5. The maximum Gasteiger partial charge on any atom is 0.242 e. The fraction of sp³-hybridized carbons (Fsp3) is 0.304. The smallest absolute Gasteiger partial charge is 0.242 e. The highest BCUT2D eigenvalue weighted by Gasteiger charge is 2.21. The Labute approximate surface area is 184 Å². The van der Waals surface area contributed by atoms with Crippen LogP contribution in [0, 0.1) is 0 Å². The highest BCUT2D eigenvalue weighted by molar-refractivity contribution is 7.99. The molecule has 31 heavy (non-hydrogen) atoms. The molecule has 0 aliphatic carbocycles. The second-order valence-electron chi connectivity index (χ2n) is 7.53. The number of amides is 2. The van der Waals surface area contributed by atoms with Gasteiger partial charge >= 0.3 is 0 Å². The minimum absolute atomic E-state index is 0.0178. The van der Waals surface area contributed by atoms with Crippen molar-refractivity contribution in [2.45, 2.75) is 31.5 Å². The summed E-state index contributed by atoms with van der Waals surface area (Å²) in [7, 11) is 0. The van der Waals surface area contributed by atoms with Gasteiger partial charge < -0.3 is 14.8 Å². The Balaban J connectivity index is 1.45. The third-order valence-corrected chi connectivity index (χ3v) is 6.26. The molecule has 0 atom stereocenters. The molecule has 1 aliphatic heterocycles. The van der Waals surface area contributed by atoms with Crippen molar-refractivity contribution in [3.63, 3.8) is 0 Å². The zero-order chi connectivity index (χ0) is 21.8. The maximum absolute atomic E-state index is 12.7. The number of aromatic nitrogens is 2. The summed E-state index contributed by atoms with van der Waals surface area (Å²) in [5.74, 6) is 0.0498. The molecule has 2 aromatic carbocycles.